The molecule has 35 heavy (non-hydrogen) atoms. The Balaban J connectivity index is 1.45. The molecule has 2 aromatic carbocycles. The fraction of sp³-hybridized carbons (Fsp3) is 0.480. The summed E-state index contributed by atoms with van der Waals surface area (Å²) in [6, 6.07) is 8.37. The summed E-state index contributed by atoms with van der Waals surface area (Å²) in [6.07, 6.45) is 4.71. The molecule has 0 bridgehead atoms. The first-order valence-electron chi connectivity index (χ1n) is 11.7. The summed E-state index contributed by atoms with van der Waals surface area (Å²) in [5.74, 6) is -0.915. The molecule has 1 saturated heterocycles. The van der Waals surface area contributed by atoms with Crippen molar-refractivity contribution >= 4 is 39.1 Å². The lowest BCUT2D eigenvalue weighted by molar-refractivity contribution is 0.0975. The highest BCUT2D eigenvalue weighted by molar-refractivity contribution is 7.89. The van der Waals surface area contributed by atoms with Gasteiger partial charge in [-0.15, -0.1) is 0 Å². The molecular formula is C25H29Cl2FN2O4S. The maximum Gasteiger partial charge on any atom is 0.267 e. The summed E-state index contributed by atoms with van der Waals surface area (Å²) >= 11 is 12.4. The summed E-state index contributed by atoms with van der Waals surface area (Å²) in [4.78, 5) is 14.6. The average Bonchev–Trinajstić information content (AvgIpc) is 3.61. The number of amides is 1. The molecule has 4 rings (SSSR count). The normalized spacial score (nSPS) is 19.9. The lowest BCUT2D eigenvalue weighted by Gasteiger charge is -2.37. The lowest BCUT2D eigenvalue weighted by Crippen LogP contribution is -2.39. The molecule has 1 saturated carbocycles. The van der Waals surface area contributed by atoms with Gasteiger partial charge in [0.25, 0.3) is 5.91 Å². The predicted molar refractivity (Wildman–Crippen MR) is 135 cm³/mol. The van der Waals surface area contributed by atoms with Gasteiger partial charge in [0.1, 0.15) is 11.6 Å². The summed E-state index contributed by atoms with van der Waals surface area (Å²) < 4.78 is 45.5. The standard InChI is InChI=1S/C25H29Cl2FN2O4S/c1-15(18-8-19(26)10-20(27)9-18)30-7-3-4-16(13-30)14-34-24-12-23(28)22(11-21(24)17-5-6-17)25(31)29-35(2,32)33/h8-12,15-17H,3-7,13-14H2,1-2H3,(H,29,31)/t15-,16?/m0/s1. The van der Waals surface area contributed by atoms with Gasteiger partial charge in [0.05, 0.1) is 18.4 Å². The van der Waals surface area contributed by atoms with E-state index in [0.29, 0.717) is 22.4 Å². The molecular weight excluding hydrogens is 514 g/mol. The molecule has 190 valence electrons. The summed E-state index contributed by atoms with van der Waals surface area (Å²) in [5, 5.41) is 1.22. The van der Waals surface area contributed by atoms with E-state index in [1.807, 2.05) is 16.9 Å². The van der Waals surface area contributed by atoms with Crippen molar-refractivity contribution in [2.24, 2.45) is 5.92 Å². The average molecular weight is 543 g/mol. The van der Waals surface area contributed by atoms with Crippen molar-refractivity contribution in [3.05, 3.63) is 62.9 Å². The Labute approximate surface area is 215 Å². The monoisotopic (exact) mass is 542 g/mol. The van der Waals surface area contributed by atoms with E-state index in [-0.39, 0.29) is 23.4 Å². The van der Waals surface area contributed by atoms with Gasteiger partial charge in [-0.05, 0) is 80.5 Å². The molecule has 1 aliphatic carbocycles. The van der Waals surface area contributed by atoms with Crippen LogP contribution >= 0.6 is 23.2 Å². The second kappa shape index (κ2) is 10.6. The van der Waals surface area contributed by atoms with Gasteiger partial charge in [-0.25, -0.2) is 17.5 Å². The summed E-state index contributed by atoms with van der Waals surface area (Å²) in [6.45, 7) is 4.33. The Kier molecular flexibility index (Phi) is 7.95. The van der Waals surface area contributed by atoms with Crippen molar-refractivity contribution in [2.45, 2.75) is 44.6 Å². The summed E-state index contributed by atoms with van der Waals surface area (Å²) in [7, 11) is -3.79. The van der Waals surface area contributed by atoms with Crippen LogP contribution in [0.3, 0.4) is 0 Å². The number of benzene rings is 2. The number of carbonyl (C=O) groups excluding carboxylic acids is 1. The van der Waals surface area contributed by atoms with Gasteiger partial charge in [-0.1, -0.05) is 23.2 Å². The van der Waals surface area contributed by atoms with E-state index in [9.17, 15) is 17.6 Å². The van der Waals surface area contributed by atoms with Crippen LogP contribution in [0.25, 0.3) is 0 Å². The maximum absolute atomic E-state index is 14.8. The van der Waals surface area contributed by atoms with Crippen LogP contribution in [0, 0.1) is 11.7 Å². The van der Waals surface area contributed by atoms with Crippen molar-refractivity contribution < 1.29 is 22.3 Å². The molecule has 1 aliphatic heterocycles. The first-order chi connectivity index (χ1) is 16.5. The summed E-state index contributed by atoms with van der Waals surface area (Å²) in [5.41, 5.74) is 1.52. The van der Waals surface area contributed by atoms with Gasteiger partial charge in [0, 0.05) is 34.6 Å². The zero-order valence-corrected chi connectivity index (χ0v) is 22.0. The van der Waals surface area contributed by atoms with E-state index in [1.165, 1.54) is 12.1 Å². The second-order valence-electron chi connectivity index (χ2n) is 9.54. The van der Waals surface area contributed by atoms with Gasteiger partial charge in [-0.2, -0.15) is 0 Å². The first kappa shape index (κ1) is 26.2. The van der Waals surface area contributed by atoms with Crippen molar-refractivity contribution in [1.29, 1.82) is 0 Å². The quantitative estimate of drug-likeness (QED) is 0.473. The number of rotatable bonds is 8. The Hall–Kier alpha value is -1.87. The van der Waals surface area contributed by atoms with E-state index in [2.05, 4.69) is 11.8 Å². The number of hydrogen-bond donors (Lipinski definition) is 1. The predicted octanol–water partition coefficient (Wildman–Crippen LogP) is 5.55. The number of halogens is 3. The highest BCUT2D eigenvalue weighted by Gasteiger charge is 2.31. The maximum atomic E-state index is 14.8. The Morgan fingerprint density at radius 3 is 2.49 bits per heavy atom. The lowest BCUT2D eigenvalue weighted by atomic mass is 9.95. The van der Waals surface area contributed by atoms with Crippen LogP contribution in [0.4, 0.5) is 4.39 Å². The van der Waals surface area contributed by atoms with Crippen LogP contribution < -0.4 is 9.46 Å². The van der Waals surface area contributed by atoms with E-state index in [0.717, 1.165) is 56.2 Å². The van der Waals surface area contributed by atoms with E-state index in [4.69, 9.17) is 27.9 Å². The Morgan fingerprint density at radius 2 is 1.86 bits per heavy atom. The Bertz CT molecular complexity index is 1200. The molecule has 0 radical (unpaired) electrons. The van der Waals surface area contributed by atoms with Crippen LogP contribution in [0.1, 0.15) is 66.1 Å². The number of ether oxygens (including phenoxy) is 1. The third-order valence-corrected chi connectivity index (χ3v) is 7.57. The molecule has 1 unspecified atom stereocenters. The van der Waals surface area contributed by atoms with E-state index in [1.54, 1.807) is 6.07 Å². The Morgan fingerprint density at radius 1 is 1.17 bits per heavy atom. The fourth-order valence-electron chi connectivity index (χ4n) is 4.63. The zero-order valence-electron chi connectivity index (χ0n) is 19.7. The molecule has 6 nitrogen and oxygen atoms in total. The molecule has 2 atom stereocenters. The molecule has 1 N–H and O–H groups in total. The van der Waals surface area contributed by atoms with Crippen LogP contribution in [0.15, 0.2) is 30.3 Å². The third-order valence-electron chi connectivity index (χ3n) is 6.58. The van der Waals surface area contributed by atoms with Gasteiger partial charge in [0.15, 0.2) is 0 Å². The smallest absolute Gasteiger partial charge is 0.267 e. The number of sulfonamides is 1. The number of nitrogens with one attached hydrogen (secondary N) is 1. The number of nitrogens with zero attached hydrogens (tertiary/aromatic N) is 1. The van der Waals surface area contributed by atoms with Gasteiger partial charge in [0.2, 0.25) is 10.0 Å². The molecule has 2 aromatic rings. The number of carbonyl (C=O) groups is 1. The van der Waals surface area contributed by atoms with Crippen LogP contribution in [0.5, 0.6) is 5.75 Å². The van der Waals surface area contributed by atoms with E-state index < -0.39 is 21.7 Å². The molecule has 10 heteroatoms. The molecule has 1 amide bonds. The molecule has 0 aromatic heterocycles. The molecule has 1 heterocycles. The number of likely N-dealkylation sites (tertiary alicyclic amines) is 1. The third kappa shape index (κ3) is 6.88. The molecule has 2 aliphatic rings. The second-order valence-corrected chi connectivity index (χ2v) is 12.2. The minimum absolute atomic E-state index is 0.140. The topological polar surface area (TPSA) is 75.7 Å². The number of piperidine rings is 1. The van der Waals surface area contributed by atoms with Crippen LogP contribution in [0.2, 0.25) is 10.0 Å². The van der Waals surface area contributed by atoms with Crippen molar-refractivity contribution in [2.75, 3.05) is 26.0 Å². The van der Waals surface area contributed by atoms with Crippen molar-refractivity contribution in [3.63, 3.8) is 0 Å². The minimum atomic E-state index is -3.79. The first-order valence-corrected chi connectivity index (χ1v) is 14.3. The highest BCUT2D eigenvalue weighted by Crippen LogP contribution is 2.45. The molecule has 2 fully saturated rings. The van der Waals surface area contributed by atoms with Crippen LogP contribution in [-0.2, 0) is 10.0 Å². The largest absolute Gasteiger partial charge is 0.493 e. The molecule has 0 spiro atoms. The minimum Gasteiger partial charge on any atom is -0.493 e. The number of hydrogen-bond acceptors (Lipinski definition) is 5. The van der Waals surface area contributed by atoms with Gasteiger partial charge in [-0.3, -0.25) is 9.69 Å². The fourth-order valence-corrected chi connectivity index (χ4v) is 5.62. The van der Waals surface area contributed by atoms with E-state index >= 15 is 0 Å². The van der Waals surface area contributed by atoms with Crippen molar-refractivity contribution in [1.82, 2.24) is 9.62 Å². The van der Waals surface area contributed by atoms with Gasteiger partial charge >= 0.3 is 0 Å². The van der Waals surface area contributed by atoms with Crippen molar-refractivity contribution in [3.8, 4) is 5.75 Å². The van der Waals surface area contributed by atoms with Crippen LogP contribution in [-0.4, -0.2) is 45.2 Å². The zero-order chi connectivity index (χ0) is 25.3. The SMILES string of the molecule is C[C@@H](c1cc(Cl)cc(Cl)c1)N1CCCC(COc2cc(F)c(C(=O)NS(C)(=O)=O)cc2C2CC2)C1. The highest BCUT2D eigenvalue weighted by atomic mass is 35.5. The van der Waals surface area contributed by atoms with Gasteiger partial charge < -0.3 is 4.74 Å².